The van der Waals surface area contributed by atoms with Crippen LogP contribution in [0, 0.1) is 0 Å². The topological polar surface area (TPSA) is 76.7 Å². The largest absolute Gasteiger partial charge is 0.486 e. The number of carbonyl (C=O) groups is 2. The van der Waals surface area contributed by atoms with Gasteiger partial charge in [0.05, 0.1) is 0 Å². The lowest BCUT2D eigenvalue weighted by molar-refractivity contribution is -0.111. The molecule has 6 heteroatoms. The third-order valence-corrected chi connectivity index (χ3v) is 4.30. The molecule has 2 aliphatic rings. The van der Waals surface area contributed by atoms with Crippen molar-refractivity contribution in [2.24, 2.45) is 0 Å². The Bertz CT molecular complexity index is 903. The van der Waals surface area contributed by atoms with Crippen LogP contribution in [0.2, 0.25) is 0 Å². The first kappa shape index (κ1) is 17.1. The van der Waals surface area contributed by atoms with Crippen LogP contribution in [0.1, 0.15) is 28.8 Å². The molecule has 1 heterocycles. The van der Waals surface area contributed by atoms with Crippen LogP contribution in [-0.4, -0.2) is 31.1 Å². The molecule has 1 aliphatic carbocycles. The first-order valence-electron chi connectivity index (χ1n) is 8.97. The normalized spacial score (nSPS) is 15.4. The van der Waals surface area contributed by atoms with Gasteiger partial charge >= 0.3 is 0 Å². The number of benzene rings is 2. The highest BCUT2D eigenvalue weighted by atomic mass is 16.6. The summed E-state index contributed by atoms with van der Waals surface area (Å²) in [5.74, 6) is 1.01. The molecule has 1 fully saturated rings. The van der Waals surface area contributed by atoms with Crippen LogP contribution in [0.3, 0.4) is 0 Å². The van der Waals surface area contributed by atoms with Crippen molar-refractivity contribution in [2.45, 2.75) is 18.9 Å². The van der Waals surface area contributed by atoms with Gasteiger partial charge in [-0.15, -0.1) is 0 Å². The van der Waals surface area contributed by atoms with E-state index in [-0.39, 0.29) is 11.8 Å². The average Bonchev–Trinajstić information content (AvgIpc) is 3.50. The summed E-state index contributed by atoms with van der Waals surface area (Å²) in [6, 6.07) is 12.7. The molecule has 2 aromatic rings. The summed E-state index contributed by atoms with van der Waals surface area (Å²) >= 11 is 0. The lowest BCUT2D eigenvalue weighted by Crippen LogP contribution is -2.25. The van der Waals surface area contributed by atoms with Crippen LogP contribution in [0.15, 0.2) is 48.5 Å². The van der Waals surface area contributed by atoms with E-state index in [4.69, 9.17) is 9.47 Å². The molecule has 4 rings (SSSR count). The Morgan fingerprint density at radius 3 is 2.63 bits per heavy atom. The maximum absolute atomic E-state index is 12.2. The van der Waals surface area contributed by atoms with Gasteiger partial charge in [0, 0.05) is 23.4 Å². The molecule has 0 atom stereocenters. The van der Waals surface area contributed by atoms with Crippen LogP contribution in [0.4, 0.5) is 5.69 Å². The molecule has 2 aromatic carbocycles. The molecule has 0 spiro atoms. The summed E-state index contributed by atoms with van der Waals surface area (Å²) in [5.41, 5.74) is 1.96. The highest BCUT2D eigenvalue weighted by Gasteiger charge is 2.23. The van der Waals surface area contributed by atoms with E-state index in [9.17, 15) is 9.59 Å². The zero-order chi connectivity index (χ0) is 18.6. The maximum atomic E-state index is 12.2. The summed E-state index contributed by atoms with van der Waals surface area (Å²) < 4.78 is 11.0. The first-order valence-corrected chi connectivity index (χ1v) is 8.97. The van der Waals surface area contributed by atoms with E-state index in [1.807, 2.05) is 18.2 Å². The predicted octanol–water partition coefficient (Wildman–Crippen LogP) is 3.00. The summed E-state index contributed by atoms with van der Waals surface area (Å²) in [5, 5.41) is 5.71. The van der Waals surface area contributed by atoms with Crippen molar-refractivity contribution < 1.29 is 19.1 Å². The number of rotatable bonds is 5. The summed E-state index contributed by atoms with van der Waals surface area (Å²) in [7, 11) is 0. The van der Waals surface area contributed by atoms with Gasteiger partial charge in [0.2, 0.25) is 5.91 Å². The quantitative estimate of drug-likeness (QED) is 0.800. The van der Waals surface area contributed by atoms with Gasteiger partial charge in [0.25, 0.3) is 5.91 Å². The molecule has 27 heavy (non-hydrogen) atoms. The molecule has 138 valence electrons. The van der Waals surface area contributed by atoms with Crippen LogP contribution in [0.5, 0.6) is 11.5 Å². The van der Waals surface area contributed by atoms with Gasteiger partial charge in [0.15, 0.2) is 11.5 Å². The lowest BCUT2D eigenvalue weighted by atomic mass is 10.1. The van der Waals surface area contributed by atoms with Crippen molar-refractivity contribution >= 4 is 23.6 Å². The van der Waals surface area contributed by atoms with E-state index in [0.717, 1.165) is 18.4 Å². The van der Waals surface area contributed by atoms with E-state index in [1.165, 1.54) is 6.08 Å². The Kier molecular flexibility index (Phi) is 4.78. The zero-order valence-corrected chi connectivity index (χ0v) is 14.7. The minimum absolute atomic E-state index is 0.111. The number of nitrogens with one attached hydrogen (secondary N) is 2. The minimum Gasteiger partial charge on any atom is -0.486 e. The monoisotopic (exact) mass is 364 g/mol. The van der Waals surface area contributed by atoms with Gasteiger partial charge < -0.3 is 20.1 Å². The molecule has 0 unspecified atom stereocenters. The van der Waals surface area contributed by atoms with Crippen LogP contribution in [0.25, 0.3) is 6.08 Å². The fourth-order valence-corrected chi connectivity index (χ4v) is 2.75. The van der Waals surface area contributed by atoms with E-state index in [1.54, 1.807) is 30.3 Å². The van der Waals surface area contributed by atoms with E-state index < -0.39 is 0 Å². The van der Waals surface area contributed by atoms with E-state index >= 15 is 0 Å². The number of amides is 2. The van der Waals surface area contributed by atoms with Gasteiger partial charge in [-0.2, -0.15) is 0 Å². The van der Waals surface area contributed by atoms with Crippen molar-refractivity contribution in [1.82, 2.24) is 5.32 Å². The van der Waals surface area contributed by atoms with Gasteiger partial charge in [-0.25, -0.2) is 0 Å². The van der Waals surface area contributed by atoms with Gasteiger partial charge in [-0.05, 0) is 54.8 Å². The Hall–Kier alpha value is -3.28. The Morgan fingerprint density at radius 1 is 1.00 bits per heavy atom. The summed E-state index contributed by atoms with van der Waals surface area (Å²) in [6.45, 7) is 1.06. The van der Waals surface area contributed by atoms with Gasteiger partial charge in [0.1, 0.15) is 13.2 Å². The molecule has 0 bridgehead atoms. The molecular weight excluding hydrogens is 344 g/mol. The molecular formula is C21H20N2O4. The van der Waals surface area contributed by atoms with Crippen molar-refractivity contribution in [3.8, 4) is 11.5 Å². The second-order valence-electron chi connectivity index (χ2n) is 6.55. The number of hydrogen-bond acceptors (Lipinski definition) is 4. The van der Waals surface area contributed by atoms with Crippen molar-refractivity contribution in [2.75, 3.05) is 18.5 Å². The third kappa shape index (κ3) is 4.47. The SMILES string of the molecule is O=C(C=Cc1ccc2c(c1)OCCO2)Nc1cccc(C(=O)NC2CC2)c1. The zero-order valence-electron chi connectivity index (χ0n) is 14.7. The highest BCUT2D eigenvalue weighted by Crippen LogP contribution is 2.31. The lowest BCUT2D eigenvalue weighted by Gasteiger charge is -2.18. The number of anilines is 1. The van der Waals surface area contributed by atoms with Crippen LogP contribution >= 0.6 is 0 Å². The molecule has 2 N–H and O–H groups in total. The predicted molar refractivity (Wildman–Crippen MR) is 102 cm³/mol. The molecule has 0 saturated heterocycles. The fourth-order valence-electron chi connectivity index (χ4n) is 2.75. The summed E-state index contributed by atoms with van der Waals surface area (Å²) in [6.07, 6.45) is 5.22. The highest BCUT2D eigenvalue weighted by molar-refractivity contribution is 6.03. The van der Waals surface area contributed by atoms with E-state index in [2.05, 4.69) is 10.6 Å². The van der Waals surface area contributed by atoms with Crippen molar-refractivity contribution in [1.29, 1.82) is 0 Å². The second-order valence-corrected chi connectivity index (χ2v) is 6.55. The fraction of sp³-hybridized carbons (Fsp3) is 0.238. The Morgan fingerprint density at radius 2 is 1.81 bits per heavy atom. The Labute approximate surface area is 157 Å². The van der Waals surface area contributed by atoms with Gasteiger partial charge in [-0.1, -0.05) is 12.1 Å². The first-order chi connectivity index (χ1) is 13.2. The van der Waals surface area contributed by atoms with Crippen molar-refractivity contribution in [3.05, 3.63) is 59.7 Å². The second kappa shape index (κ2) is 7.53. The average molecular weight is 364 g/mol. The molecule has 1 saturated carbocycles. The standard InChI is InChI=1S/C21H20N2O4/c24-20(9-5-14-4-8-18-19(12-14)27-11-10-26-18)22-17-3-1-2-15(13-17)21(25)23-16-6-7-16/h1-5,8-9,12-13,16H,6-7,10-11H2,(H,22,24)(H,23,25). The molecule has 0 radical (unpaired) electrons. The smallest absolute Gasteiger partial charge is 0.251 e. The Balaban J connectivity index is 1.38. The van der Waals surface area contributed by atoms with Crippen molar-refractivity contribution in [3.63, 3.8) is 0 Å². The van der Waals surface area contributed by atoms with Gasteiger partial charge in [-0.3, -0.25) is 9.59 Å². The number of fused-ring (bicyclic) bond motifs is 1. The number of hydrogen-bond donors (Lipinski definition) is 2. The number of carbonyl (C=O) groups excluding carboxylic acids is 2. The van der Waals surface area contributed by atoms with E-state index in [0.29, 0.717) is 42.0 Å². The number of ether oxygens (including phenoxy) is 2. The maximum Gasteiger partial charge on any atom is 0.251 e. The minimum atomic E-state index is -0.273. The molecule has 0 aromatic heterocycles. The molecule has 2 amide bonds. The molecule has 6 nitrogen and oxygen atoms in total. The third-order valence-electron chi connectivity index (χ3n) is 4.30. The summed E-state index contributed by atoms with van der Waals surface area (Å²) in [4.78, 5) is 24.3. The van der Waals surface area contributed by atoms with Crippen LogP contribution in [-0.2, 0) is 4.79 Å². The van der Waals surface area contributed by atoms with Crippen LogP contribution < -0.4 is 20.1 Å². The molecule has 1 aliphatic heterocycles.